The number of carbonyl (C=O) groups excluding carboxylic acids is 1. The Morgan fingerprint density at radius 2 is 2.13 bits per heavy atom. The molecule has 0 saturated carbocycles. The standard InChI is InChI=1S/C16H22N4O3/c1-4-14-18-16(23-19-14)11-20(5-2)10-15(21)17-12-8-6-7-9-13(12)22-3/h6-9H,4-5,10-11H2,1-3H3,(H,17,21). The Labute approximate surface area is 135 Å². The summed E-state index contributed by atoms with van der Waals surface area (Å²) in [6.45, 7) is 5.32. The molecule has 0 aliphatic rings. The van der Waals surface area contributed by atoms with Gasteiger partial charge >= 0.3 is 0 Å². The van der Waals surface area contributed by atoms with Gasteiger partial charge in [-0.25, -0.2) is 0 Å². The van der Waals surface area contributed by atoms with Gasteiger partial charge in [0.1, 0.15) is 5.75 Å². The number of ether oxygens (including phenoxy) is 1. The fraction of sp³-hybridized carbons (Fsp3) is 0.438. The smallest absolute Gasteiger partial charge is 0.240 e. The molecule has 1 amide bonds. The van der Waals surface area contributed by atoms with Gasteiger partial charge in [0.15, 0.2) is 5.82 Å². The van der Waals surface area contributed by atoms with Crippen molar-refractivity contribution in [2.24, 2.45) is 0 Å². The molecule has 1 aromatic heterocycles. The number of likely N-dealkylation sites (N-methyl/N-ethyl adjacent to an activating group) is 1. The van der Waals surface area contributed by atoms with Gasteiger partial charge in [-0.15, -0.1) is 0 Å². The first-order valence-electron chi connectivity index (χ1n) is 7.62. The molecule has 0 aliphatic heterocycles. The zero-order valence-corrected chi connectivity index (χ0v) is 13.7. The zero-order chi connectivity index (χ0) is 16.7. The second kappa shape index (κ2) is 8.28. The summed E-state index contributed by atoms with van der Waals surface area (Å²) in [5.41, 5.74) is 0.655. The van der Waals surface area contributed by atoms with E-state index in [0.29, 0.717) is 36.2 Å². The maximum atomic E-state index is 12.2. The third-order valence-corrected chi connectivity index (χ3v) is 3.38. The predicted octanol–water partition coefficient (Wildman–Crippen LogP) is 2.10. The maximum absolute atomic E-state index is 12.2. The van der Waals surface area contributed by atoms with Gasteiger partial charge < -0.3 is 14.6 Å². The van der Waals surface area contributed by atoms with Crippen molar-refractivity contribution in [1.82, 2.24) is 15.0 Å². The number of methoxy groups -OCH3 is 1. The predicted molar refractivity (Wildman–Crippen MR) is 86.3 cm³/mol. The average molecular weight is 318 g/mol. The summed E-state index contributed by atoms with van der Waals surface area (Å²) in [5.74, 6) is 1.71. The van der Waals surface area contributed by atoms with Crippen LogP contribution in [-0.4, -0.2) is 41.1 Å². The summed E-state index contributed by atoms with van der Waals surface area (Å²) >= 11 is 0. The number of anilines is 1. The molecule has 0 spiro atoms. The highest BCUT2D eigenvalue weighted by atomic mass is 16.5. The van der Waals surface area contributed by atoms with E-state index in [9.17, 15) is 4.79 Å². The summed E-state index contributed by atoms with van der Waals surface area (Å²) in [7, 11) is 1.57. The van der Waals surface area contributed by atoms with E-state index in [4.69, 9.17) is 9.26 Å². The Hall–Kier alpha value is -2.41. The number of para-hydroxylation sites is 2. The van der Waals surface area contributed by atoms with Gasteiger partial charge in [0.05, 0.1) is 25.9 Å². The minimum Gasteiger partial charge on any atom is -0.495 e. The fourth-order valence-electron chi connectivity index (χ4n) is 2.11. The third kappa shape index (κ3) is 4.79. The number of aryl methyl sites for hydroxylation is 1. The van der Waals surface area contributed by atoms with Crippen LogP contribution in [-0.2, 0) is 17.8 Å². The second-order valence-corrected chi connectivity index (χ2v) is 5.01. The van der Waals surface area contributed by atoms with E-state index < -0.39 is 0 Å². The van der Waals surface area contributed by atoms with Crippen molar-refractivity contribution in [3.05, 3.63) is 36.0 Å². The van der Waals surface area contributed by atoms with Crippen molar-refractivity contribution in [3.8, 4) is 5.75 Å². The lowest BCUT2D eigenvalue weighted by Crippen LogP contribution is -2.33. The Bertz CT molecular complexity index is 642. The van der Waals surface area contributed by atoms with Crippen LogP contribution in [0.3, 0.4) is 0 Å². The van der Waals surface area contributed by atoms with Crippen LogP contribution in [0.1, 0.15) is 25.6 Å². The number of benzene rings is 1. The highest BCUT2D eigenvalue weighted by Gasteiger charge is 2.14. The van der Waals surface area contributed by atoms with Crippen LogP contribution < -0.4 is 10.1 Å². The van der Waals surface area contributed by atoms with Crippen molar-refractivity contribution in [3.63, 3.8) is 0 Å². The zero-order valence-electron chi connectivity index (χ0n) is 13.7. The molecule has 2 aromatic rings. The normalized spacial score (nSPS) is 10.8. The van der Waals surface area contributed by atoms with Gasteiger partial charge in [0.25, 0.3) is 0 Å². The average Bonchev–Trinajstić information content (AvgIpc) is 3.02. The van der Waals surface area contributed by atoms with E-state index in [1.54, 1.807) is 19.2 Å². The lowest BCUT2D eigenvalue weighted by atomic mass is 10.3. The molecule has 0 radical (unpaired) electrons. The summed E-state index contributed by atoms with van der Waals surface area (Å²) in [6, 6.07) is 7.31. The van der Waals surface area contributed by atoms with Crippen LogP contribution in [0.4, 0.5) is 5.69 Å². The van der Waals surface area contributed by atoms with Crippen molar-refractivity contribution in [2.75, 3.05) is 25.5 Å². The molecule has 0 fully saturated rings. The molecule has 0 saturated heterocycles. The second-order valence-electron chi connectivity index (χ2n) is 5.01. The van der Waals surface area contributed by atoms with Crippen molar-refractivity contribution < 1.29 is 14.1 Å². The molecule has 0 atom stereocenters. The van der Waals surface area contributed by atoms with Crippen molar-refractivity contribution in [1.29, 1.82) is 0 Å². The summed E-state index contributed by atoms with van der Waals surface area (Å²) in [5, 5.41) is 6.72. The van der Waals surface area contributed by atoms with E-state index in [2.05, 4.69) is 15.5 Å². The molecule has 23 heavy (non-hydrogen) atoms. The summed E-state index contributed by atoms with van der Waals surface area (Å²) < 4.78 is 10.4. The van der Waals surface area contributed by atoms with Gasteiger partial charge in [-0.05, 0) is 18.7 Å². The number of nitrogens with one attached hydrogen (secondary N) is 1. The molecule has 124 valence electrons. The van der Waals surface area contributed by atoms with Crippen LogP contribution in [0, 0.1) is 0 Å². The Morgan fingerprint density at radius 1 is 1.35 bits per heavy atom. The van der Waals surface area contributed by atoms with Gasteiger partial charge in [-0.2, -0.15) is 4.98 Å². The number of aromatic nitrogens is 2. The molecule has 0 unspecified atom stereocenters. The quantitative estimate of drug-likeness (QED) is 0.803. The largest absolute Gasteiger partial charge is 0.495 e. The highest BCUT2D eigenvalue weighted by molar-refractivity contribution is 5.93. The molecular weight excluding hydrogens is 296 g/mol. The molecule has 0 bridgehead atoms. The topological polar surface area (TPSA) is 80.5 Å². The molecule has 1 N–H and O–H groups in total. The lowest BCUT2D eigenvalue weighted by Gasteiger charge is -2.18. The van der Waals surface area contributed by atoms with Crippen LogP contribution in [0.25, 0.3) is 0 Å². The molecule has 1 heterocycles. The molecule has 2 rings (SSSR count). The van der Waals surface area contributed by atoms with Gasteiger partial charge in [0, 0.05) is 6.42 Å². The highest BCUT2D eigenvalue weighted by Crippen LogP contribution is 2.22. The van der Waals surface area contributed by atoms with Crippen LogP contribution in [0.2, 0.25) is 0 Å². The SMILES string of the molecule is CCc1noc(CN(CC)CC(=O)Nc2ccccc2OC)n1. The molecule has 7 nitrogen and oxygen atoms in total. The first-order valence-corrected chi connectivity index (χ1v) is 7.62. The van der Waals surface area contributed by atoms with E-state index in [0.717, 1.165) is 6.42 Å². The lowest BCUT2D eigenvalue weighted by molar-refractivity contribution is -0.117. The summed E-state index contributed by atoms with van der Waals surface area (Å²) in [4.78, 5) is 18.4. The van der Waals surface area contributed by atoms with Crippen molar-refractivity contribution in [2.45, 2.75) is 26.8 Å². The third-order valence-electron chi connectivity index (χ3n) is 3.38. The van der Waals surface area contributed by atoms with Crippen LogP contribution in [0.15, 0.2) is 28.8 Å². The van der Waals surface area contributed by atoms with Gasteiger partial charge in [-0.3, -0.25) is 9.69 Å². The van der Waals surface area contributed by atoms with E-state index in [-0.39, 0.29) is 12.5 Å². The minimum absolute atomic E-state index is 0.119. The number of hydrogen-bond acceptors (Lipinski definition) is 6. The minimum atomic E-state index is -0.119. The van der Waals surface area contributed by atoms with E-state index in [1.807, 2.05) is 30.9 Å². The van der Waals surface area contributed by atoms with Crippen LogP contribution in [0.5, 0.6) is 5.75 Å². The monoisotopic (exact) mass is 318 g/mol. The Kier molecular flexibility index (Phi) is 6.10. The number of carbonyl (C=O) groups is 1. The number of hydrogen-bond donors (Lipinski definition) is 1. The first-order chi connectivity index (χ1) is 11.2. The maximum Gasteiger partial charge on any atom is 0.240 e. The molecular formula is C16H22N4O3. The Balaban J connectivity index is 1.94. The van der Waals surface area contributed by atoms with E-state index >= 15 is 0 Å². The van der Waals surface area contributed by atoms with E-state index in [1.165, 1.54) is 0 Å². The van der Waals surface area contributed by atoms with Gasteiger partial charge in [0.2, 0.25) is 11.8 Å². The number of nitrogens with zero attached hydrogens (tertiary/aromatic N) is 3. The van der Waals surface area contributed by atoms with Crippen molar-refractivity contribution >= 4 is 11.6 Å². The van der Waals surface area contributed by atoms with Gasteiger partial charge in [-0.1, -0.05) is 31.1 Å². The Morgan fingerprint density at radius 3 is 2.78 bits per heavy atom. The molecule has 7 heteroatoms. The molecule has 0 aliphatic carbocycles. The number of rotatable bonds is 8. The number of amides is 1. The summed E-state index contributed by atoms with van der Waals surface area (Å²) in [6.07, 6.45) is 0.726. The fourth-order valence-corrected chi connectivity index (χ4v) is 2.11. The van der Waals surface area contributed by atoms with Crippen LogP contribution >= 0.6 is 0 Å². The molecule has 1 aromatic carbocycles. The first kappa shape index (κ1) is 17.0.